The molecule has 0 atom stereocenters. The third kappa shape index (κ3) is 1.66. The summed E-state index contributed by atoms with van der Waals surface area (Å²) in [6.45, 7) is 2.18. The Bertz CT molecular complexity index is 462. The Morgan fingerprint density at radius 1 is 1.36 bits per heavy atom. The zero-order valence-corrected chi connectivity index (χ0v) is 10.5. The van der Waals surface area contributed by atoms with Crippen LogP contribution in [0.3, 0.4) is 0 Å². The lowest BCUT2D eigenvalue weighted by Crippen LogP contribution is -1.81. The first-order valence-electron chi connectivity index (χ1n) is 4.50. The number of ether oxygens (including phenoxy) is 1. The summed E-state index contributed by atoms with van der Waals surface area (Å²) in [4.78, 5) is 1.41. The van der Waals surface area contributed by atoms with Crippen molar-refractivity contribution < 1.29 is 4.74 Å². The van der Waals surface area contributed by atoms with Crippen molar-refractivity contribution in [1.82, 2.24) is 0 Å². The van der Waals surface area contributed by atoms with Gasteiger partial charge < -0.3 is 4.74 Å². The van der Waals surface area contributed by atoms with Gasteiger partial charge in [-0.1, -0.05) is 6.92 Å². The molecular weight excluding hydrogens is 260 g/mol. The summed E-state index contributed by atoms with van der Waals surface area (Å²) in [6, 6.07) is 6.34. The topological polar surface area (TPSA) is 9.23 Å². The predicted molar refractivity (Wildman–Crippen MR) is 65.5 cm³/mol. The van der Waals surface area contributed by atoms with Gasteiger partial charge in [0.1, 0.15) is 5.75 Å². The molecule has 2 aromatic rings. The van der Waals surface area contributed by atoms with Crippen LogP contribution in [0.1, 0.15) is 11.8 Å². The quantitative estimate of drug-likeness (QED) is 0.794. The average molecular weight is 271 g/mol. The van der Waals surface area contributed by atoms with Gasteiger partial charge >= 0.3 is 0 Å². The number of thiophene rings is 1. The highest BCUT2D eigenvalue weighted by Crippen LogP contribution is 2.35. The second-order valence-corrected chi connectivity index (χ2v) is 5.11. The number of hydrogen-bond donors (Lipinski definition) is 0. The lowest BCUT2D eigenvalue weighted by Gasteiger charge is -2.00. The molecule has 0 saturated carbocycles. The number of fused-ring (bicyclic) bond motifs is 1. The molecule has 0 bridgehead atoms. The highest BCUT2D eigenvalue weighted by atomic mass is 79.9. The first-order valence-corrected chi connectivity index (χ1v) is 6.11. The van der Waals surface area contributed by atoms with Crippen LogP contribution in [0.25, 0.3) is 10.1 Å². The summed E-state index contributed by atoms with van der Waals surface area (Å²) < 4.78 is 7.62. The third-order valence-electron chi connectivity index (χ3n) is 2.20. The van der Waals surface area contributed by atoms with E-state index in [1.807, 2.05) is 17.4 Å². The van der Waals surface area contributed by atoms with Crippen LogP contribution in [0, 0.1) is 0 Å². The minimum absolute atomic E-state index is 0.911. The van der Waals surface area contributed by atoms with Crippen LogP contribution in [-0.2, 0) is 6.42 Å². The predicted octanol–water partition coefficient (Wildman–Crippen LogP) is 4.23. The second kappa shape index (κ2) is 3.91. The van der Waals surface area contributed by atoms with Crippen LogP contribution in [0.4, 0.5) is 0 Å². The van der Waals surface area contributed by atoms with Gasteiger partial charge in [0, 0.05) is 19.4 Å². The maximum absolute atomic E-state index is 5.22. The van der Waals surface area contributed by atoms with E-state index in [0.29, 0.717) is 0 Å². The zero-order valence-electron chi connectivity index (χ0n) is 8.13. The van der Waals surface area contributed by atoms with Crippen molar-refractivity contribution in [2.24, 2.45) is 0 Å². The highest BCUT2D eigenvalue weighted by Gasteiger charge is 2.06. The first-order chi connectivity index (χ1) is 6.74. The van der Waals surface area contributed by atoms with Crippen LogP contribution >= 0.6 is 27.3 Å². The number of methoxy groups -OCH3 is 1. The number of benzene rings is 1. The van der Waals surface area contributed by atoms with E-state index in [-0.39, 0.29) is 0 Å². The fourth-order valence-electron chi connectivity index (χ4n) is 1.42. The van der Waals surface area contributed by atoms with Crippen molar-refractivity contribution >= 4 is 37.4 Å². The summed E-state index contributed by atoms with van der Waals surface area (Å²) in [5.74, 6) is 0.911. The Balaban J connectivity index is 2.67. The SMILES string of the molecule is CCc1cc2c(Br)cc(OC)cc2s1. The average Bonchev–Trinajstić information content (AvgIpc) is 2.61. The summed E-state index contributed by atoms with van der Waals surface area (Å²) in [7, 11) is 1.70. The van der Waals surface area contributed by atoms with E-state index in [9.17, 15) is 0 Å². The maximum atomic E-state index is 5.22. The van der Waals surface area contributed by atoms with Crippen molar-refractivity contribution in [3.8, 4) is 5.75 Å². The Kier molecular flexibility index (Phi) is 2.79. The van der Waals surface area contributed by atoms with Crippen molar-refractivity contribution in [3.63, 3.8) is 0 Å². The van der Waals surface area contributed by atoms with Crippen LogP contribution in [0.2, 0.25) is 0 Å². The second-order valence-electron chi connectivity index (χ2n) is 3.09. The largest absolute Gasteiger partial charge is 0.497 e. The van der Waals surface area contributed by atoms with E-state index in [2.05, 4.69) is 35.0 Å². The monoisotopic (exact) mass is 270 g/mol. The van der Waals surface area contributed by atoms with E-state index >= 15 is 0 Å². The lowest BCUT2D eigenvalue weighted by molar-refractivity contribution is 0.415. The minimum Gasteiger partial charge on any atom is -0.497 e. The van der Waals surface area contributed by atoms with Crippen molar-refractivity contribution in [3.05, 3.63) is 27.5 Å². The molecule has 1 nitrogen and oxygen atoms in total. The molecule has 0 aliphatic carbocycles. The van der Waals surface area contributed by atoms with Crippen LogP contribution in [0.15, 0.2) is 22.7 Å². The van der Waals surface area contributed by atoms with E-state index in [1.165, 1.54) is 15.0 Å². The molecule has 1 heterocycles. The smallest absolute Gasteiger partial charge is 0.121 e. The molecule has 0 aliphatic heterocycles. The van der Waals surface area contributed by atoms with Gasteiger partial charge in [0.2, 0.25) is 0 Å². The molecule has 0 aliphatic rings. The van der Waals surface area contributed by atoms with Crippen molar-refractivity contribution in [2.75, 3.05) is 7.11 Å². The molecular formula is C11H11BrOS. The van der Waals surface area contributed by atoms with E-state index in [4.69, 9.17) is 4.74 Å². The molecule has 0 N–H and O–H groups in total. The summed E-state index contributed by atoms with van der Waals surface area (Å²) in [5, 5.41) is 1.28. The van der Waals surface area contributed by atoms with Gasteiger partial charge in [0.15, 0.2) is 0 Å². The van der Waals surface area contributed by atoms with Crippen LogP contribution in [0.5, 0.6) is 5.75 Å². The van der Waals surface area contributed by atoms with Gasteiger partial charge in [-0.05, 0) is 40.5 Å². The number of hydrogen-bond acceptors (Lipinski definition) is 2. The molecule has 0 unspecified atom stereocenters. The Hall–Kier alpha value is -0.540. The van der Waals surface area contributed by atoms with E-state index in [1.54, 1.807) is 7.11 Å². The molecule has 0 amide bonds. The lowest BCUT2D eigenvalue weighted by atomic mass is 10.2. The van der Waals surface area contributed by atoms with Crippen LogP contribution < -0.4 is 4.74 Å². The van der Waals surface area contributed by atoms with Gasteiger partial charge in [-0.2, -0.15) is 0 Å². The molecule has 14 heavy (non-hydrogen) atoms. The minimum atomic E-state index is 0.911. The van der Waals surface area contributed by atoms with Gasteiger partial charge in [0.05, 0.1) is 7.11 Å². The van der Waals surface area contributed by atoms with Crippen molar-refractivity contribution in [1.29, 1.82) is 0 Å². The molecule has 2 rings (SSSR count). The Labute approximate surface area is 95.8 Å². The molecule has 3 heteroatoms. The zero-order chi connectivity index (χ0) is 10.1. The summed E-state index contributed by atoms with van der Waals surface area (Å²) in [5.41, 5.74) is 0. The van der Waals surface area contributed by atoms with E-state index in [0.717, 1.165) is 16.6 Å². The maximum Gasteiger partial charge on any atom is 0.121 e. The number of aryl methyl sites for hydroxylation is 1. The standard InChI is InChI=1S/C11H11BrOS/c1-3-8-6-9-10(12)4-7(13-2)5-11(9)14-8/h4-6H,3H2,1-2H3. The summed E-state index contributed by atoms with van der Waals surface area (Å²) >= 11 is 5.39. The molecule has 0 saturated heterocycles. The molecule has 0 fully saturated rings. The van der Waals surface area contributed by atoms with Crippen LogP contribution in [-0.4, -0.2) is 7.11 Å². The number of rotatable bonds is 2. The summed E-state index contributed by atoms with van der Waals surface area (Å²) in [6.07, 6.45) is 1.09. The van der Waals surface area contributed by atoms with Gasteiger partial charge in [-0.3, -0.25) is 0 Å². The normalized spacial score (nSPS) is 10.8. The molecule has 74 valence electrons. The first kappa shape index (κ1) is 9.99. The molecule has 1 aromatic heterocycles. The highest BCUT2D eigenvalue weighted by molar-refractivity contribution is 9.10. The molecule has 0 spiro atoms. The fourth-order valence-corrected chi connectivity index (χ4v) is 3.16. The van der Waals surface area contributed by atoms with Crippen molar-refractivity contribution in [2.45, 2.75) is 13.3 Å². The third-order valence-corrected chi connectivity index (χ3v) is 4.08. The van der Waals surface area contributed by atoms with Gasteiger partial charge in [-0.15, -0.1) is 11.3 Å². The molecule has 1 aromatic carbocycles. The number of halogens is 1. The van der Waals surface area contributed by atoms with Gasteiger partial charge in [-0.25, -0.2) is 0 Å². The van der Waals surface area contributed by atoms with Gasteiger partial charge in [0.25, 0.3) is 0 Å². The van der Waals surface area contributed by atoms with E-state index < -0.39 is 0 Å². The Morgan fingerprint density at radius 2 is 2.14 bits per heavy atom. The Morgan fingerprint density at radius 3 is 2.79 bits per heavy atom. The molecule has 0 radical (unpaired) electrons. The fraction of sp³-hybridized carbons (Fsp3) is 0.273.